The lowest BCUT2D eigenvalue weighted by atomic mass is 10.6. The van der Waals surface area contributed by atoms with Gasteiger partial charge >= 0.3 is 5.97 Å². The minimum atomic E-state index is -0.987. The zero-order valence-corrected chi connectivity index (χ0v) is 15.1. The summed E-state index contributed by atoms with van der Waals surface area (Å²) in [5.74, 6) is -0.987. The number of carboxylic acid groups (broad SMARTS) is 1. The van der Waals surface area contributed by atoms with E-state index in [1.54, 1.807) is 0 Å². The quantitative estimate of drug-likeness (QED) is 0.285. The van der Waals surface area contributed by atoms with Crippen LogP contribution in [0, 0.1) is 0 Å². The first kappa shape index (κ1) is 24.2. The van der Waals surface area contributed by atoms with E-state index < -0.39 is 5.97 Å². The molecule has 9 nitrogen and oxygen atoms in total. The molecule has 0 rings (SSSR count). The van der Waals surface area contributed by atoms with Crippen LogP contribution < -0.4 is 0 Å². The van der Waals surface area contributed by atoms with Crippen molar-refractivity contribution >= 4 is 5.97 Å². The highest BCUT2D eigenvalue weighted by molar-refractivity contribution is 5.67. The van der Waals surface area contributed by atoms with Gasteiger partial charge in [-0.2, -0.15) is 0 Å². The zero-order chi connectivity index (χ0) is 18.4. The van der Waals surface area contributed by atoms with Crippen LogP contribution in [0.2, 0.25) is 0 Å². The molecular formula is C16H32O9. The molecule has 0 atom stereocenters. The molecule has 25 heavy (non-hydrogen) atoms. The summed E-state index contributed by atoms with van der Waals surface area (Å²) in [4.78, 5) is 10.2. The molecule has 0 aliphatic heterocycles. The fraction of sp³-hybridized carbons (Fsp3) is 0.938. The molecule has 0 unspecified atom stereocenters. The smallest absolute Gasteiger partial charge is 0.329 e. The SMILES string of the molecule is CCOCCOCCOCCOCCOCCOCCOCC(=O)O. The molecule has 9 heteroatoms. The second kappa shape index (κ2) is 21.2. The molecule has 0 aliphatic carbocycles. The third-order valence-electron chi connectivity index (χ3n) is 2.66. The van der Waals surface area contributed by atoms with Crippen molar-refractivity contribution < 1.29 is 43.1 Å². The van der Waals surface area contributed by atoms with Crippen molar-refractivity contribution in [3.63, 3.8) is 0 Å². The van der Waals surface area contributed by atoms with Crippen molar-refractivity contribution in [1.82, 2.24) is 0 Å². The van der Waals surface area contributed by atoms with E-state index in [-0.39, 0.29) is 13.2 Å². The molecule has 0 aromatic heterocycles. The van der Waals surface area contributed by atoms with Gasteiger partial charge < -0.3 is 38.3 Å². The Morgan fingerprint density at radius 3 is 1.12 bits per heavy atom. The highest BCUT2D eigenvalue weighted by atomic mass is 16.6. The summed E-state index contributed by atoms with van der Waals surface area (Å²) in [6.07, 6.45) is 0. The van der Waals surface area contributed by atoms with Crippen LogP contribution in [-0.4, -0.2) is 104 Å². The van der Waals surface area contributed by atoms with Gasteiger partial charge in [-0.05, 0) is 6.92 Å². The zero-order valence-electron chi connectivity index (χ0n) is 15.1. The summed E-state index contributed by atoms with van der Waals surface area (Å²) < 4.78 is 36.5. The monoisotopic (exact) mass is 368 g/mol. The van der Waals surface area contributed by atoms with Crippen LogP contribution >= 0.6 is 0 Å². The maximum absolute atomic E-state index is 10.2. The third kappa shape index (κ3) is 23.2. The van der Waals surface area contributed by atoms with Gasteiger partial charge in [0, 0.05) is 6.61 Å². The van der Waals surface area contributed by atoms with E-state index in [0.717, 1.165) is 0 Å². The van der Waals surface area contributed by atoms with Crippen molar-refractivity contribution in [3.8, 4) is 0 Å². The summed E-state index contributed by atoms with van der Waals surface area (Å²) in [7, 11) is 0. The van der Waals surface area contributed by atoms with Crippen LogP contribution in [-0.2, 0) is 38.0 Å². The lowest BCUT2D eigenvalue weighted by Gasteiger charge is -2.08. The predicted molar refractivity (Wildman–Crippen MR) is 89.0 cm³/mol. The molecule has 0 heterocycles. The normalized spacial score (nSPS) is 11.1. The summed E-state index contributed by atoms with van der Waals surface area (Å²) in [5, 5.41) is 8.35. The Balaban J connectivity index is 2.97. The largest absolute Gasteiger partial charge is 0.480 e. The van der Waals surface area contributed by atoms with E-state index in [9.17, 15) is 4.79 Å². The molecule has 0 spiro atoms. The average molecular weight is 368 g/mol. The van der Waals surface area contributed by atoms with Gasteiger partial charge in [0.1, 0.15) is 6.61 Å². The van der Waals surface area contributed by atoms with Crippen LogP contribution in [0.4, 0.5) is 0 Å². The van der Waals surface area contributed by atoms with Gasteiger partial charge in [-0.25, -0.2) is 4.79 Å². The van der Waals surface area contributed by atoms with Gasteiger partial charge in [-0.3, -0.25) is 0 Å². The Morgan fingerprint density at radius 2 is 0.840 bits per heavy atom. The van der Waals surface area contributed by atoms with Gasteiger partial charge in [-0.1, -0.05) is 0 Å². The second-order valence-electron chi connectivity index (χ2n) is 4.71. The molecular weight excluding hydrogens is 336 g/mol. The van der Waals surface area contributed by atoms with E-state index in [1.807, 2.05) is 6.92 Å². The molecule has 0 saturated heterocycles. The molecule has 150 valence electrons. The van der Waals surface area contributed by atoms with E-state index in [1.165, 1.54) is 0 Å². The summed E-state index contributed by atoms with van der Waals surface area (Å²) in [5.41, 5.74) is 0. The van der Waals surface area contributed by atoms with Gasteiger partial charge in [0.2, 0.25) is 0 Å². The molecule has 0 radical (unpaired) electrons. The second-order valence-corrected chi connectivity index (χ2v) is 4.71. The fourth-order valence-electron chi connectivity index (χ4n) is 1.52. The molecule has 0 bridgehead atoms. The van der Waals surface area contributed by atoms with E-state index in [4.69, 9.17) is 38.3 Å². The minimum Gasteiger partial charge on any atom is -0.480 e. The van der Waals surface area contributed by atoms with Crippen LogP contribution in [0.5, 0.6) is 0 Å². The molecule has 1 N–H and O–H groups in total. The van der Waals surface area contributed by atoms with Crippen LogP contribution in [0.3, 0.4) is 0 Å². The molecule has 0 amide bonds. The lowest BCUT2D eigenvalue weighted by molar-refractivity contribution is -0.142. The topological polar surface area (TPSA) is 102 Å². The Hall–Kier alpha value is -0.810. The number of rotatable bonds is 21. The molecule has 0 fully saturated rings. The van der Waals surface area contributed by atoms with Crippen molar-refractivity contribution in [1.29, 1.82) is 0 Å². The van der Waals surface area contributed by atoms with Crippen LogP contribution in [0.1, 0.15) is 6.92 Å². The molecule has 0 aromatic rings. The Morgan fingerprint density at radius 1 is 0.560 bits per heavy atom. The number of carboxylic acids is 1. The lowest BCUT2D eigenvalue weighted by Crippen LogP contribution is -2.15. The van der Waals surface area contributed by atoms with Crippen LogP contribution in [0.25, 0.3) is 0 Å². The first-order valence-corrected chi connectivity index (χ1v) is 8.53. The maximum Gasteiger partial charge on any atom is 0.329 e. The van der Waals surface area contributed by atoms with Crippen molar-refractivity contribution in [2.24, 2.45) is 0 Å². The van der Waals surface area contributed by atoms with E-state index >= 15 is 0 Å². The van der Waals surface area contributed by atoms with Gasteiger partial charge in [0.05, 0.1) is 79.3 Å². The van der Waals surface area contributed by atoms with Crippen LogP contribution in [0.15, 0.2) is 0 Å². The standard InChI is InChI=1S/C16H32O9/c1-2-19-3-4-20-5-6-21-7-8-22-9-10-23-11-12-24-13-14-25-15-16(17)18/h2-15H2,1H3,(H,17,18). The van der Waals surface area contributed by atoms with Gasteiger partial charge in [-0.15, -0.1) is 0 Å². The Kier molecular flexibility index (Phi) is 20.5. The van der Waals surface area contributed by atoms with E-state index in [0.29, 0.717) is 79.3 Å². The predicted octanol–water partition coefficient (Wildman–Crippen LogP) is 0.207. The van der Waals surface area contributed by atoms with Crippen molar-refractivity contribution in [2.45, 2.75) is 6.92 Å². The third-order valence-corrected chi connectivity index (χ3v) is 2.66. The van der Waals surface area contributed by atoms with Crippen molar-refractivity contribution in [3.05, 3.63) is 0 Å². The highest BCUT2D eigenvalue weighted by Crippen LogP contribution is 1.85. The molecule has 0 aromatic carbocycles. The fourth-order valence-corrected chi connectivity index (χ4v) is 1.52. The number of hydrogen-bond donors (Lipinski definition) is 1. The molecule has 0 aliphatic rings. The van der Waals surface area contributed by atoms with Gasteiger partial charge in [0.25, 0.3) is 0 Å². The average Bonchev–Trinajstić information content (AvgIpc) is 2.60. The molecule has 0 saturated carbocycles. The number of carbonyl (C=O) groups is 1. The summed E-state index contributed by atoms with van der Waals surface area (Å²) in [6, 6.07) is 0. The summed E-state index contributed by atoms with van der Waals surface area (Å²) in [6.45, 7) is 8.16. The van der Waals surface area contributed by atoms with Gasteiger partial charge in [0.15, 0.2) is 0 Å². The number of hydrogen-bond acceptors (Lipinski definition) is 8. The maximum atomic E-state index is 10.2. The number of ether oxygens (including phenoxy) is 7. The van der Waals surface area contributed by atoms with E-state index in [2.05, 4.69) is 0 Å². The number of aliphatic carboxylic acids is 1. The summed E-state index contributed by atoms with van der Waals surface area (Å²) >= 11 is 0. The first-order chi connectivity index (χ1) is 12.3. The van der Waals surface area contributed by atoms with Crippen molar-refractivity contribution in [2.75, 3.05) is 92.5 Å². The first-order valence-electron chi connectivity index (χ1n) is 8.53. The Labute approximate surface area is 149 Å². The Bertz CT molecular complexity index is 276. The minimum absolute atomic E-state index is 0.257. The highest BCUT2D eigenvalue weighted by Gasteiger charge is 1.96.